The Labute approximate surface area is 124 Å². The molecule has 2 amide bonds. The lowest BCUT2D eigenvalue weighted by atomic mass is 10.1. The van der Waals surface area contributed by atoms with Crippen LogP contribution in [0.4, 0.5) is 10.5 Å². The van der Waals surface area contributed by atoms with Gasteiger partial charge >= 0.3 is 6.03 Å². The summed E-state index contributed by atoms with van der Waals surface area (Å²) in [4.78, 5) is 15.9. The monoisotopic (exact) mass is 287 g/mol. The molecular formula is C15H21N5O. The Balaban J connectivity index is 1.88. The molecule has 6 nitrogen and oxygen atoms in total. The third-order valence-corrected chi connectivity index (χ3v) is 3.09. The van der Waals surface area contributed by atoms with Gasteiger partial charge in [-0.25, -0.2) is 9.78 Å². The number of aromatic nitrogens is 2. The van der Waals surface area contributed by atoms with Gasteiger partial charge in [-0.2, -0.15) is 0 Å². The van der Waals surface area contributed by atoms with Gasteiger partial charge in [0.15, 0.2) is 0 Å². The van der Waals surface area contributed by atoms with Crippen LogP contribution in [-0.4, -0.2) is 21.6 Å². The zero-order valence-corrected chi connectivity index (χ0v) is 12.3. The summed E-state index contributed by atoms with van der Waals surface area (Å²) in [7, 11) is 0. The maximum Gasteiger partial charge on any atom is 0.319 e. The van der Waals surface area contributed by atoms with Gasteiger partial charge in [0.1, 0.15) is 0 Å². The summed E-state index contributed by atoms with van der Waals surface area (Å²) in [5, 5.41) is 5.70. The molecule has 1 aromatic heterocycles. The van der Waals surface area contributed by atoms with E-state index in [1.807, 2.05) is 48.9 Å². The first-order chi connectivity index (χ1) is 10.0. The highest BCUT2D eigenvalue weighted by Crippen LogP contribution is 2.15. The van der Waals surface area contributed by atoms with Crippen molar-refractivity contribution in [2.45, 2.75) is 32.5 Å². The minimum Gasteiger partial charge on any atom is -0.335 e. The highest BCUT2D eigenvalue weighted by atomic mass is 16.2. The molecule has 0 spiro atoms. The van der Waals surface area contributed by atoms with Gasteiger partial charge in [-0.3, -0.25) is 0 Å². The molecule has 2 rings (SSSR count). The summed E-state index contributed by atoms with van der Waals surface area (Å²) in [5.41, 5.74) is 7.55. The third kappa shape index (κ3) is 4.61. The van der Waals surface area contributed by atoms with Crippen LogP contribution in [0.1, 0.15) is 25.5 Å². The number of hydrogen-bond acceptors (Lipinski definition) is 3. The molecule has 0 saturated carbocycles. The first-order valence-corrected chi connectivity index (χ1v) is 6.93. The summed E-state index contributed by atoms with van der Waals surface area (Å²) < 4.78 is 1.92. The summed E-state index contributed by atoms with van der Waals surface area (Å²) in [6.45, 7) is 4.53. The number of urea groups is 1. The van der Waals surface area contributed by atoms with Crippen LogP contribution >= 0.6 is 0 Å². The van der Waals surface area contributed by atoms with Crippen molar-refractivity contribution in [3.05, 3.63) is 48.5 Å². The smallest absolute Gasteiger partial charge is 0.319 e. The van der Waals surface area contributed by atoms with Crippen molar-refractivity contribution in [1.82, 2.24) is 14.9 Å². The van der Waals surface area contributed by atoms with Crippen molar-refractivity contribution < 1.29 is 4.79 Å². The first kappa shape index (κ1) is 15.1. The Morgan fingerprint density at radius 3 is 2.90 bits per heavy atom. The standard InChI is InChI=1S/C15H21N5O/c1-11(9-20-7-6-17-10-20)18-15(21)19-14-5-3-4-13(8-14)12(2)16/h3-8,10-12H,9,16H2,1-2H3,(H2,18,19,21). The van der Waals surface area contributed by atoms with E-state index in [-0.39, 0.29) is 18.1 Å². The zero-order chi connectivity index (χ0) is 15.2. The largest absolute Gasteiger partial charge is 0.335 e. The molecule has 21 heavy (non-hydrogen) atoms. The van der Waals surface area contributed by atoms with E-state index in [2.05, 4.69) is 15.6 Å². The van der Waals surface area contributed by atoms with E-state index in [9.17, 15) is 4.79 Å². The van der Waals surface area contributed by atoms with Crippen LogP contribution in [0.25, 0.3) is 0 Å². The van der Waals surface area contributed by atoms with Crippen molar-refractivity contribution in [3.8, 4) is 0 Å². The van der Waals surface area contributed by atoms with Gasteiger partial charge in [0.05, 0.1) is 6.33 Å². The highest BCUT2D eigenvalue weighted by Gasteiger charge is 2.08. The highest BCUT2D eigenvalue weighted by molar-refractivity contribution is 5.89. The Kier molecular flexibility index (Phi) is 4.94. The molecule has 0 bridgehead atoms. The molecule has 0 aliphatic carbocycles. The number of nitrogens with one attached hydrogen (secondary N) is 2. The second-order valence-corrected chi connectivity index (χ2v) is 5.17. The number of anilines is 1. The Morgan fingerprint density at radius 1 is 1.43 bits per heavy atom. The topological polar surface area (TPSA) is 85.0 Å². The fourth-order valence-corrected chi connectivity index (χ4v) is 2.05. The second-order valence-electron chi connectivity index (χ2n) is 5.17. The fraction of sp³-hybridized carbons (Fsp3) is 0.333. The quantitative estimate of drug-likeness (QED) is 0.787. The maximum absolute atomic E-state index is 12.0. The van der Waals surface area contributed by atoms with E-state index < -0.39 is 0 Å². The van der Waals surface area contributed by atoms with Crippen molar-refractivity contribution >= 4 is 11.7 Å². The molecule has 0 aliphatic rings. The third-order valence-electron chi connectivity index (χ3n) is 3.09. The number of nitrogens with zero attached hydrogens (tertiary/aromatic N) is 2. The SMILES string of the molecule is CC(Cn1ccnc1)NC(=O)Nc1cccc(C(C)N)c1. The number of carbonyl (C=O) groups is 1. The number of amides is 2. The number of carbonyl (C=O) groups excluding carboxylic acids is 1. The van der Waals surface area contributed by atoms with Gasteiger partial charge in [0.25, 0.3) is 0 Å². The van der Waals surface area contributed by atoms with E-state index in [1.165, 1.54) is 0 Å². The number of hydrogen-bond donors (Lipinski definition) is 3. The van der Waals surface area contributed by atoms with Crippen LogP contribution in [0, 0.1) is 0 Å². The summed E-state index contributed by atoms with van der Waals surface area (Å²) in [5.74, 6) is 0. The molecule has 0 aliphatic heterocycles. The average Bonchev–Trinajstić information content (AvgIpc) is 2.91. The van der Waals surface area contributed by atoms with Crippen molar-refractivity contribution in [2.24, 2.45) is 5.73 Å². The minimum absolute atomic E-state index is 0.00388. The molecule has 0 saturated heterocycles. The molecule has 4 N–H and O–H groups in total. The lowest BCUT2D eigenvalue weighted by molar-refractivity contribution is 0.248. The minimum atomic E-state index is -0.232. The Morgan fingerprint density at radius 2 is 2.24 bits per heavy atom. The van der Waals surface area contributed by atoms with Crippen LogP contribution in [0.2, 0.25) is 0 Å². The van der Waals surface area contributed by atoms with Crippen molar-refractivity contribution in [1.29, 1.82) is 0 Å². The predicted molar refractivity (Wildman–Crippen MR) is 82.9 cm³/mol. The molecular weight excluding hydrogens is 266 g/mol. The number of benzene rings is 1. The summed E-state index contributed by atoms with van der Waals surface area (Å²) >= 11 is 0. The van der Waals surface area contributed by atoms with E-state index in [0.717, 1.165) is 11.3 Å². The second kappa shape index (κ2) is 6.90. The van der Waals surface area contributed by atoms with E-state index in [1.54, 1.807) is 12.5 Å². The van der Waals surface area contributed by atoms with Gasteiger partial charge in [0, 0.05) is 36.7 Å². The van der Waals surface area contributed by atoms with Crippen LogP contribution in [0.15, 0.2) is 43.0 Å². The summed E-state index contributed by atoms with van der Waals surface area (Å²) in [6.07, 6.45) is 5.30. The average molecular weight is 287 g/mol. The van der Waals surface area contributed by atoms with Crippen LogP contribution in [0.5, 0.6) is 0 Å². The molecule has 2 unspecified atom stereocenters. The van der Waals surface area contributed by atoms with E-state index >= 15 is 0 Å². The van der Waals surface area contributed by atoms with Gasteiger partial charge in [0.2, 0.25) is 0 Å². The lowest BCUT2D eigenvalue weighted by Gasteiger charge is -2.15. The van der Waals surface area contributed by atoms with Gasteiger partial charge < -0.3 is 20.9 Å². The predicted octanol–water partition coefficient (Wildman–Crippen LogP) is 2.11. The van der Waals surface area contributed by atoms with E-state index in [0.29, 0.717) is 6.54 Å². The Bertz CT molecular complexity index is 580. The molecule has 1 aromatic carbocycles. The summed E-state index contributed by atoms with van der Waals surface area (Å²) in [6, 6.07) is 7.24. The molecule has 112 valence electrons. The molecule has 6 heteroatoms. The first-order valence-electron chi connectivity index (χ1n) is 6.93. The van der Waals surface area contributed by atoms with Crippen LogP contribution < -0.4 is 16.4 Å². The molecule has 0 fully saturated rings. The van der Waals surface area contributed by atoms with Crippen molar-refractivity contribution in [3.63, 3.8) is 0 Å². The van der Waals surface area contributed by atoms with Crippen LogP contribution in [-0.2, 0) is 6.54 Å². The van der Waals surface area contributed by atoms with Crippen LogP contribution in [0.3, 0.4) is 0 Å². The zero-order valence-electron chi connectivity index (χ0n) is 12.3. The molecule has 0 radical (unpaired) electrons. The van der Waals surface area contributed by atoms with Crippen molar-refractivity contribution in [2.75, 3.05) is 5.32 Å². The normalized spacial score (nSPS) is 13.5. The van der Waals surface area contributed by atoms with Gasteiger partial charge in [-0.15, -0.1) is 0 Å². The Hall–Kier alpha value is -2.34. The molecule has 1 heterocycles. The molecule has 2 aromatic rings. The van der Waals surface area contributed by atoms with E-state index in [4.69, 9.17) is 5.73 Å². The number of imidazole rings is 1. The number of nitrogens with two attached hydrogens (primary N) is 1. The van der Waals surface area contributed by atoms with Gasteiger partial charge in [-0.05, 0) is 31.5 Å². The number of rotatable bonds is 5. The van der Waals surface area contributed by atoms with Gasteiger partial charge in [-0.1, -0.05) is 12.1 Å². The fourth-order valence-electron chi connectivity index (χ4n) is 2.05. The lowest BCUT2D eigenvalue weighted by Crippen LogP contribution is -2.38. The maximum atomic E-state index is 12.0. The molecule has 2 atom stereocenters.